The smallest absolute Gasteiger partial charge is 0.346 e. The van der Waals surface area contributed by atoms with Crippen LogP contribution >= 0.6 is 0 Å². The lowest BCUT2D eigenvalue weighted by molar-refractivity contribution is 0.569. The summed E-state index contributed by atoms with van der Waals surface area (Å²) in [4.78, 5) is 12.4. The Hall–Kier alpha value is -2.81. The van der Waals surface area contributed by atoms with Gasteiger partial charge in [0, 0.05) is 24.2 Å². The van der Waals surface area contributed by atoms with E-state index in [0.717, 1.165) is 22.0 Å². The summed E-state index contributed by atoms with van der Waals surface area (Å²) in [5.41, 5.74) is 3.18. The summed E-state index contributed by atoms with van der Waals surface area (Å²) in [6.45, 7) is 0. The number of aromatic nitrogens is 1. The maximum absolute atomic E-state index is 12.4. The third kappa shape index (κ3) is 1.71. The van der Waals surface area contributed by atoms with Gasteiger partial charge in [0.1, 0.15) is 5.58 Å². The second-order valence-corrected chi connectivity index (χ2v) is 5.13. The van der Waals surface area contributed by atoms with E-state index in [-0.39, 0.29) is 5.63 Å². The minimum atomic E-state index is -0.289. The molecule has 0 radical (unpaired) electrons. The molecule has 0 aliphatic rings. The molecule has 0 spiro atoms. The van der Waals surface area contributed by atoms with Crippen LogP contribution in [0.4, 0.5) is 0 Å². The molecule has 3 heteroatoms. The van der Waals surface area contributed by atoms with Gasteiger partial charge in [-0.1, -0.05) is 42.5 Å². The van der Waals surface area contributed by atoms with Crippen molar-refractivity contribution in [3.05, 3.63) is 71.2 Å². The van der Waals surface area contributed by atoms with Crippen molar-refractivity contribution in [2.45, 2.75) is 0 Å². The molecule has 0 amide bonds. The average molecular weight is 275 g/mol. The van der Waals surface area contributed by atoms with E-state index in [0.29, 0.717) is 11.0 Å². The Labute approximate surface area is 121 Å². The minimum Gasteiger partial charge on any atom is -0.422 e. The molecule has 0 saturated carbocycles. The zero-order valence-corrected chi connectivity index (χ0v) is 11.5. The van der Waals surface area contributed by atoms with Gasteiger partial charge in [0.25, 0.3) is 0 Å². The van der Waals surface area contributed by atoms with E-state index in [2.05, 4.69) is 0 Å². The highest BCUT2D eigenvalue weighted by atomic mass is 16.4. The Morgan fingerprint density at radius 3 is 2.48 bits per heavy atom. The normalized spacial score (nSPS) is 11.3. The molecule has 102 valence electrons. The molecule has 2 aromatic heterocycles. The quantitative estimate of drug-likeness (QED) is 0.493. The molecular formula is C18H13NO2. The van der Waals surface area contributed by atoms with E-state index < -0.39 is 0 Å². The van der Waals surface area contributed by atoms with Crippen LogP contribution < -0.4 is 5.63 Å². The minimum absolute atomic E-state index is 0.289. The fourth-order valence-electron chi connectivity index (χ4n) is 2.90. The van der Waals surface area contributed by atoms with Crippen LogP contribution in [0.1, 0.15) is 0 Å². The van der Waals surface area contributed by atoms with Crippen LogP contribution in [0.3, 0.4) is 0 Å². The number of para-hydroxylation sites is 1. The molecule has 2 heterocycles. The summed E-state index contributed by atoms with van der Waals surface area (Å²) in [5, 5.41) is 1.60. The van der Waals surface area contributed by atoms with Crippen molar-refractivity contribution in [3.63, 3.8) is 0 Å². The first-order chi connectivity index (χ1) is 10.3. The lowest BCUT2D eigenvalue weighted by atomic mass is 10.1. The van der Waals surface area contributed by atoms with Crippen LogP contribution in [0.5, 0.6) is 0 Å². The molecule has 0 saturated heterocycles. The lowest BCUT2D eigenvalue weighted by Gasteiger charge is -2.01. The van der Waals surface area contributed by atoms with Gasteiger partial charge < -0.3 is 8.98 Å². The molecule has 4 aromatic rings. The summed E-state index contributed by atoms with van der Waals surface area (Å²) in [5.74, 6) is 0. The number of fused-ring (bicyclic) bond motifs is 3. The maximum Gasteiger partial charge on any atom is 0.346 e. The molecule has 0 atom stereocenters. The van der Waals surface area contributed by atoms with Crippen molar-refractivity contribution in [3.8, 4) is 11.1 Å². The van der Waals surface area contributed by atoms with Gasteiger partial charge in [-0.15, -0.1) is 0 Å². The number of rotatable bonds is 1. The molecule has 0 aliphatic heterocycles. The first kappa shape index (κ1) is 12.0. The first-order valence-corrected chi connectivity index (χ1v) is 6.82. The van der Waals surface area contributed by atoms with Gasteiger partial charge in [0.15, 0.2) is 0 Å². The second-order valence-electron chi connectivity index (χ2n) is 5.13. The third-order valence-corrected chi connectivity index (χ3v) is 3.82. The van der Waals surface area contributed by atoms with Gasteiger partial charge in [-0.05, 0) is 17.7 Å². The number of hydrogen-bond acceptors (Lipinski definition) is 2. The number of aryl methyl sites for hydroxylation is 1. The standard InChI is InChI=1S/C18H13NO2/c1-19-11-14(12-7-3-2-4-8-12)16-17(19)13-9-5-6-10-15(13)21-18(16)20/h2-11H,1H3. The number of benzene rings is 2. The molecule has 4 rings (SSSR count). The van der Waals surface area contributed by atoms with E-state index >= 15 is 0 Å². The van der Waals surface area contributed by atoms with E-state index in [1.165, 1.54) is 0 Å². The van der Waals surface area contributed by atoms with Gasteiger partial charge in [-0.2, -0.15) is 0 Å². The van der Waals surface area contributed by atoms with E-state index in [1.807, 2.05) is 72.4 Å². The highest BCUT2D eigenvalue weighted by molar-refractivity contribution is 6.08. The van der Waals surface area contributed by atoms with E-state index in [9.17, 15) is 4.79 Å². The molecular weight excluding hydrogens is 262 g/mol. The van der Waals surface area contributed by atoms with Crippen LogP contribution in [0, 0.1) is 0 Å². The molecule has 0 unspecified atom stereocenters. The topological polar surface area (TPSA) is 35.1 Å². The van der Waals surface area contributed by atoms with Crippen molar-refractivity contribution in [1.29, 1.82) is 0 Å². The fraction of sp³-hybridized carbons (Fsp3) is 0.0556. The number of hydrogen-bond donors (Lipinski definition) is 0. The summed E-state index contributed by atoms with van der Waals surface area (Å²) >= 11 is 0. The van der Waals surface area contributed by atoms with Crippen molar-refractivity contribution in [2.24, 2.45) is 7.05 Å². The van der Waals surface area contributed by atoms with E-state index in [4.69, 9.17) is 4.42 Å². The largest absolute Gasteiger partial charge is 0.422 e. The molecule has 2 aromatic carbocycles. The Morgan fingerprint density at radius 2 is 1.67 bits per heavy atom. The molecule has 0 fully saturated rings. The predicted octanol–water partition coefficient (Wildman–Crippen LogP) is 3.95. The zero-order chi connectivity index (χ0) is 14.4. The van der Waals surface area contributed by atoms with Crippen molar-refractivity contribution in [2.75, 3.05) is 0 Å². The Balaban J connectivity index is 2.22. The summed E-state index contributed by atoms with van der Waals surface area (Å²) in [6.07, 6.45) is 1.99. The van der Waals surface area contributed by atoms with Gasteiger partial charge >= 0.3 is 5.63 Å². The van der Waals surface area contributed by atoms with Crippen LogP contribution in [0.2, 0.25) is 0 Å². The van der Waals surface area contributed by atoms with Crippen molar-refractivity contribution >= 4 is 21.9 Å². The van der Waals surface area contributed by atoms with Crippen molar-refractivity contribution in [1.82, 2.24) is 4.57 Å². The SMILES string of the molecule is Cn1cc(-c2ccccc2)c2c(=O)oc3ccccc3c21. The van der Waals surface area contributed by atoms with Gasteiger partial charge in [0.05, 0.1) is 10.9 Å². The molecule has 0 bridgehead atoms. The van der Waals surface area contributed by atoms with Gasteiger partial charge in [-0.25, -0.2) is 4.79 Å². The monoisotopic (exact) mass is 275 g/mol. The highest BCUT2D eigenvalue weighted by Crippen LogP contribution is 2.31. The summed E-state index contributed by atoms with van der Waals surface area (Å²) in [7, 11) is 1.96. The highest BCUT2D eigenvalue weighted by Gasteiger charge is 2.16. The van der Waals surface area contributed by atoms with Crippen LogP contribution in [-0.2, 0) is 7.05 Å². The molecule has 3 nitrogen and oxygen atoms in total. The third-order valence-electron chi connectivity index (χ3n) is 3.82. The van der Waals surface area contributed by atoms with Crippen LogP contribution in [0.25, 0.3) is 33.0 Å². The van der Waals surface area contributed by atoms with Gasteiger partial charge in [-0.3, -0.25) is 0 Å². The summed E-state index contributed by atoms with van der Waals surface area (Å²) < 4.78 is 7.48. The fourth-order valence-corrected chi connectivity index (χ4v) is 2.90. The maximum atomic E-state index is 12.4. The summed E-state index contributed by atoms with van der Waals surface area (Å²) in [6, 6.07) is 17.5. The average Bonchev–Trinajstić information content (AvgIpc) is 2.87. The Morgan fingerprint density at radius 1 is 0.952 bits per heavy atom. The second kappa shape index (κ2) is 4.35. The predicted molar refractivity (Wildman–Crippen MR) is 84.4 cm³/mol. The van der Waals surface area contributed by atoms with Gasteiger partial charge in [0.2, 0.25) is 0 Å². The Kier molecular flexibility index (Phi) is 2.48. The first-order valence-electron chi connectivity index (χ1n) is 6.82. The lowest BCUT2D eigenvalue weighted by Crippen LogP contribution is -2.00. The molecule has 21 heavy (non-hydrogen) atoms. The molecule has 0 N–H and O–H groups in total. The number of nitrogens with zero attached hydrogens (tertiary/aromatic N) is 1. The molecule has 0 aliphatic carbocycles. The van der Waals surface area contributed by atoms with Crippen LogP contribution in [0.15, 0.2) is 70.0 Å². The zero-order valence-electron chi connectivity index (χ0n) is 11.5. The van der Waals surface area contributed by atoms with Crippen molar-refractivity contribution < 1.29 is 4.42 Å². The van der Waals surface area contributed by atoms with E-state index in [1.54, 1.807) is 0 Å². The Bertz CT molecular complexity index is 1010. The van der Waals surface area contributed by atoms with Crippen LogP contribution in [-0.4, -0.2) is 4.57 Å².